The van der Waals surface area contributed by atoms with Gasteiger partial charge in [-0.25, -0.2) is 4.79 Å². The molecule has 1 heterocycles. The van der Waals surface area contributed by atoms with Gasteiger partial charge in [0.05, 0.1) is 6.61 Å². The number of hydrogen-bond donors (Lipinski definition) is 0. The molecule has 1 aromatic rings. The van der Waals surface area contributed by atoms with Crippen LogP contribution in [0.2, 0.25) is 0 Å². The summed E-state index contributed by atoms with van der Waals surface area (Å²) in [6.07, 6.45) is 5.80. The first kappa shape index (κ1) is 13.6. The minimum absolute atomic E-state index is 0.158. The summed E-state index contributed by atoms with van der Waals surface area (Å²) in [4.78, 5) is 12.5. The van der Waals surface area contributed by atoms with E-state index >= 15 is 0 Å². The fourth-order valence-electron chi connectivity index (χ4n) is 3.40. The minimum Gasteiger partial charge on any atom is -0.463 e. The number of carbonyl (C=O) groups is 1. The Balaban J connectivity index is 1.80. The lowest BCUT2D eigenvalue weighted by Gasteiger charge is -2.24. The van der Waals surface area contributed by atoms with E-state index in [4.69, 9.17) is 9.47 Å². The van der Waals surface area contributed by atoms with E-state index in [1.807, 2.05) is 18.2 Å². The SMILES string of the molecule is CCCCOC(=O)C12CCCCC1(c1ccccc1)O2. The summed E-state index contributed by atoms with van der Waals surface area (Å²) in [6.45, 7) is 2.60. The van der Waals surface area contributed by atoms with Crippen molar-refractivity contribution in [2.45, 2.75) is 56.7 Å². The lowest BCUT2D eigenvalue weighted by atomic mass is 9.75. The van der Waals surface area contributed by atoms with Crippen LogP contribution in [-0.4, -0.2) is 18.2 Å². The molecule has 1 saturated carbocycles. The predicted octanol–water partition coefficient (Wildman–Crippen LogP) is 3.57. The quantitative estimate of drug-likeness (QED) is 0.468. The van der Waals surface area contributed by atoms with Crippen LogP contribution in [0.1, 0.15) is 51.0 Å². The number of benzene rings is 1. The van der Waals surface area contributed by atoms with Gasteiger partial charge in [0.1, 0.15) is 5.60 Å². The van der Waals surface area contributed by atoms with Crippen LogP contribution in [0.4, 0.5) is 0 Å². The van der Waals surface area contributed by atoms with Crippen molar-refractivity contribution in [3.8, 4) is 0 Å². The number of ether oxygens (including phenoxy) is 2. The predicted molar refractivity (Wildman–Crippen MR) is 76.3 cm³/mol. The fraction of sp³-hybridized carbons (Fsp3) is 0.588. The Bertz CT molecular complexity index is 484. The van der Waals surface area contributed by atoms with E-state index in [2.05, 4.69) is 19.1 Å². The highest BCUT2D eigenvalue weighted by Crippen LogP contribution is 2.64. The average Bonchev–Trinajstić information content (AvgIpc) is 3.20. The molecule has 0 spiro atoms. The highest BCUT2D eigenvalue weighted by atomic mass is 16.7. The maximum Gasteiger partial charge on any atom is 0.341 e. The summed E-state index contributed by atoms with van der Waals surface area (Å²) in [5, 5.41) is 0. The number of unbranched alkanes of at least 4 members (excludes halogenated alkanes) is 1. The zero-order chi connectivity index (χ0) is 14.1. The van der Waals surface area contributed by atoms with Gasteiger partial charge in [-0.05, 0) is 37.7 Å². The Morgan fingerprint density at radius 3 is 2.75 bits per heavy atom. The molecule has 3 heteroatoms. The maximum absolute atomic E-state index is 12.5. The van der Waals surface area contributed by atoms with Crippen LogP contribution in [0.5, 0.6) is 0 Å². The number of hydrogen-bond acceptors (Lipinski definition) is 3. The molecule has 20 heavy (non-hydrogen) atoms. The van der Waals surface area contributed by atoms with Crippen LogP contribution in [0, 0.1) is 0 Å². The first-order chi connectivity index (χ1) is 9.75. The average molecular weight is 274 g/mol. The Morgan fingerprint density at radius 2 is 2.00 bits per heavy atom. The molecule has 0 amide bonds. The summed E-state index contributed by atoms with van der Waals surface area (Å²) >= 11 is 0. The molecular formula is C17H22O3. The molecule has 1 aliphatic heterocycles. The number of esters is 1. The molecule has 2 unspecified atom stereocenters. The largest absolute Gasteiger partial charge is 0.463 e. The second-order valence-corrected chi connectivity index (χ2v) is 5.82. The van der Waals surface area contributed by atoms with Crippen LogP contribution in [0.3, 0.4) is 0 Å². The molecule has 2 fully saturated rings. The van der Waals surface area contributed by atoms with Crippen molar-refractivity contribution in [2.24, 2.45) is 0 Å². The highest BCUT2D eigenvalue weighted by molar-refractivity contribution is 5.85. The molecule has 0 bridgehead atoms. The molecule has 0 radical (unpaired) electrons. The van der Waals surface area contributed by atoms with Gasteiger partial charge in [0.15, 0.2) is 5.60 Å². The Labute approximate surface area is 120 Å². The van der Waals surface area contributed by atoms with Crippen molar-refractivity contribution in [1.29, 1.82) is 0 Å². The van der Waals surface area contributed by atoms with Crippen molar-refractivity contribution in [1.82, 2.24) is 0 Å². The van der Waals surface area contributed by atoms with Gasteiger partial charge >= 0.3 is 5.97 Å². The zero-order valence-electron chi connectivity index (χ0n) is 12.1. The number of fused-ring (bicyclic) bond motifs is 1. The van der Waals surface area contributed by atoms with E-state index < -0.39 is 11.2 Å². The van der Waals surface area contributed by atoms with E-state index in [1.165, 1.54) is 0 Å². The first-order valence-corrected chi connectivity index (χ1v) is 7.68. The van der Waals surface area contributed by atoms with Crippen molar-refractivity contribution >= 4 is 5.97 Å². The van der Waals surface area contributed by atoms with E-state index in [0.29, 0.717) is 6.61 Å². The lowest BCUT2D eigenvalue weighted by Crippen LogP contribution is -2.37. The number of epoxide rings is 1. The van der Waals surface area contributed by atoms with Crippen molar-refractivity contribution in [3.05, 3.63) is 35.9 Å². The maximum atomic E-state index is 12.5. The van der Waals surface area contributed by atoms with E-state index in [9.17, 15) is 4.79 Å². The third-order valence-corrected chi connectivity index (χ3v) is 4.57. The molecule has 3 rings (SSSR count). The fourth-order valence-corrected chi connectivity index (χ4v) is 3.40. The van der Waals surface area contributed by atoms with Gasteiger partial charge in [-0.15, -0.1) is 0 Å². The molecule has 0 N–H and O–H groups in total. The van der Waals surface area contributed by atoms with E-state index in [1.54, 1.807) is 0 Å². The van der Waals surface area contributed by atoms with Crippen LogP contribution in [0.25, 0.3) is 0 Å². The van der Waals surface area contributed by atoms with E-state index in [0.717, 1.165) is 44.1 Å². The molecular weight excluding hydrogens is 252 g/mol. The smallest absolute Gasteiger partial charge is 0.341 e. The van der Waals surface area contributed by atoms with Gasteiger partial charge < -0.3 is 9.47 Å². The monoisotopic (exact) mass is 274 g/mol. The topological polar surface area (TPSA) is 38.8 Å². The summed E-state index contributed by atoms with van der Waals surface area (Å²) in [6, 6.07) is 10.1. The molecule has 1 aliphatic carbocycles. The molecule has 1 aromatic carbocycles. The van der Waals surface area contributed by atoms with Gasteiger partial charge in [-0.3, -0.25) is 0 Å². The molecule has 2 aliphatic rings. The van der Waals surface area contributed by atoms with Gasteiger partial charge in [0, 0.05) is 0 Å². The standard InChI is InChI=1S/C17H22O3/c1-2-3-13-19-15(18)17-12-8-7-11-16(17,20-17)14-9-5-4-6-10-14/h4-6,9-10H,2-3,7-8,11-13H2,1H3. The second-order valence-electron chi connectivity index (χ2n) is 5.82. The van der Waals surface area contributed by atoms with Gasteiger partial charge in [-0.2, -0.15) is 0 Å². The van der Waals surface area contributed by atoms with Crippen molar-refractivity contribution in [3.63, 3.8) is 0 Å². The normalized spacial score (nSPS) is 31.4. The van der Waals surface area contributed by atoms with Crippen molar-refractivity contribution < 1.29 is 14.3 Å². The minimum atomic E-state index is -0.708. The van der Waals surface area contributed by atoms with Gasteiger partial charge in [-0.1, -0.05) is 43.7 Å². The second kappa shape index (κ2) is 5.21. The number of carbonyl (C=O) groups excluding carboxylic acids is 1. The summed E-state index contributed by atoms with van der Waals surface area (Å²) < 4.78 is 11.5. The Morgan fingerprint density at radius 1 is 1.25 bits per heavy atom. The molecule has 3 nitrogen and oxygen atoms in total. The van der Waals surface area contributed by atoms with Crippen LogP contribution in [-0.2, 0) is 19.9 Å². The summed E-state index contributed by atoms with van der Waals surface area (Å²) in [5.41, 5.74) is -0.0111. The van der Waals surface area contributed by atoms with E-state index in [-0.39, 0.29) is 5.97 Å². The third-order valence-electron chi connectivity index (χ3n) is 4.57. The van der Waals surface area contributed by atoms with Crippen LogP contribution >= 0.6 is 0 Å². The third kappa shape index (κ3) is 1.96. The summed E-state index contributed by atoms with van der Waals surface area (Å²) in [7, 11) is 0. The van der Waals surface area contributed by atoms with Gasteiger partial charge in [0.25, 0.3) is 0 Å². The van der Waals surface area contributed by atoms with Crippen LogP contribution in [0.15, 0.2) is 30.3 Å². The molecule has 2 atom stereocenters. The lowest BCUT2D eigenvalue weighted by molar-refractivity contribution is -0.150. The number of rotatable bonds is 5. The van der Waals surface area contributed by atoms with Gasteiger partial charge in [0.2, 0.25) is 0 Å². The molecule has 1 saturated heterocycles. The molecule has 0 aromatic heterocycles. The van der Waals surface area contributed by atoms with Crippen LogP contribution < -0.4 is 0 Å². The molecule has 108 valence electrons. The first-order valence-electron chi connectivity index (χ1n) is 7.68. The van der Waals surface area contributed by atoms with Crippen molar-refractivity contribution in [2.75, 3.05) is 6.61 Å². The zero-order valence-corrected chi connectivity index (χ0v) is 12.1. The Hall–Kier alpha value is -1.35. The highest BCUT2D eigenvalue weighted by Gasteiger charge is 2.76. The Kier molecular flexibility index (Phi) is 3.55. The summed E-state index contributed by atoms with van der Waals surface area (Å²) in [5.74, 6) is -0.158.